The Balaban J connectivity index is 1.86. The summed E-state index contributed by atoms with van der Waals surface area (Å²) in [4.78, 5) is 5.23. The molecule has 3 rings (SSSR count). The lowest BCUT2D eigenvalue weighted by Crippen LogP contribution is -1.96. The Morgan fingerprint density at radius 3 is 2.57 bits per heavy atom. The minimum absolute atomic E-state index is 0.319. The molecule has 2 aromatic heterocycles. The van der Waals surface area contributed by atoms with Gasteiger partial charge in [-0.25, -0.2) is 9.66 Å². The van der Waals surface area contributed by atoms with Gasteiger partial charge in [0.15, 0.2) is 0 Å². The molecule has 0 spiro atoms. The zero-order valence-electron chi connectivity index (χ0n) is 10.7. The van der Waals surface area contributed by atoms with Crippen molar-refractivity contribution in [2.24, 2.45) is 5.10 Å². The summed E-state index contributed by atoms with van der Waals surface area (Å²) < 4.78 is 2.24. The number of rotatable bonds is 3. The molecule has 106 valence electrons. The Morgan fingerprint density at radius 1 is 1.14 bits per heavy atom. The third-order valence-electron chi connectivity index (χ3n) is 2.74. The molecule has 4 nitrogen and oxygen atoms in total. The predicted molar refractivity (Wildman–Crippen MR) is 89.4 cm³/mol. The van der Waals surface area contributed by atoms with Crippen LogP contribution in [0.15, 0.2) is 47.7 Å². The number of benzene rings is 1. The normalized spacial score (nSPS) is 11.3. The quantitative estimate of drug-likeness (QED) is 0.721. The van der Waals surface area contributed by atoms with E-state index in [4.69, 9.17) is 28.9 Å². The van der Waals surface area contributed by atoms with Crippen LogP contribution in [0, 0.1) is 0 Å². The summed E-state index contributed by atoms with van der Waals surface area (Å²) in [6.07, 6.45) is 3.46. The molecule has 0 saturated carbocycles. The zero-order chi connectivity index (χ0) is 14.8. The van der Waals surface area contributed by atoms with Gasteiger partial charge in [-0.05, 0) is 29.8 Å². The number of anilines is 1. The Labute approximate surface area is 135 Å². The highest BCUT2D eigenvalue weighted by atomic mass is 35.5. The van der Waals surface area contributed by atoms with E-state index in [0.717, 1.165) is 16.1 Å². The molecule has 0 unspecified atom stereocenters. The maximum Gasteiger partial charge on any atom is 0.221 e. The van der Waals surface area contributed by atoms with Crippen molar-refractivity contribution in [3.63, 3.8) is 0 Å². The first kappa shape index (κ1) is 14.1. The van der Waals surface area contributed by atoms with Crippen LogP contribution in [0.2, 0.25) is 9.36 Å². The standard InChI is InChI=1S/C14H10Cl2N4S/c15-10-3-1-9(2-4-10)7-18-20-8-11(19-14(20)17)12-5-6-13(16)21-12/h1-8H,(H2,17,19)/b18-7+. The lowest BCUT2D eigenvalue weighted by atomic mass is 10.2. The molecule has 21 heavy (non-hydrogen) atoms. The van der Waals surface area contributed by atoms with Gasteiger partial charge in [0.05, 0.1) is 21.6 Å². The van der Waals surface area contributed by atoms with Crippen LogP contribution in [0.1, 0.15) is 5.56 Å². The van der Waals surface area contributed by atoms with Crippen LogP contribution in [0.5, 0.6) is 0 Å². The second-order valence-corrected chi connectivity index (χ2v) is 6.38. The van der Waals surface area contributed by atoms with E-state index < -0.39 is 0 Å². The SMILES string of the molecule is Nc1nc(-c2ccc(Cl)s2)cn1/N=C/c1ccc(Cl)cc1. The molecule has 0 saturated heterocycles. The number of imidazole rings is 1. The first-order valence-corrected chi connectivity index (χ1v) is 7.59. The molecule has 0 fully saturated rings. The molecule has 0 atom stereocenters. The van der Waals surface area contributed by atoms with Crippen LogP contribution >= 0.6 is 34.5 Å². The molecule has 0 radical (unpaired) electrons. The summed E-state index contributed by atoms with van der Waals surface area (Å²) in [6.45, 7) is 0. The largest absolute Gasteiger partial charge is 0.368 e. The fraction of sp³-hybridized carbons (Fsp3) is 0. The Kier molecular flexibility index (Phi) is 3.96. The molecule has 0 aliphatic heterocycles. The molecule has 2 heterocycles. The van der Waals surface area contributed by atoms with Crippen LogP contribution in [-0.2, 0) is 0 Å². The third kappa shape index (κ3) is 3.26. The van der Waals surface area contributed by atoms with Gasteiger partial charge in [-0.1, -0.05) is 35.3 Å². The van der Waals surface area contributed by atoms with Crippen LogP contribution in [-0.4, -0.2) is 15.9 Å². The minimum atomic E-state index is 0.319. The monoisotopic (exact) mass is 336 g/mol. The summed E-state index contributed by atoms with van der Waals surface area (Å²) >= 11 is 13.2. The molecule has 0 aliphatic carbocycles. The van der Waals surface area contributed by atoms with Crippen molar-refractivity contribution in [1.82, 2.24) is 9.66 Å². The highest BCUT2D eigenvalue weighted by Crippen LogP contribution is 2.30. The molecule has 3 aromatic rings. The number of halogens is 2. The van der Waals surface area contributed by atoms with E-state index in [1.807, 2.05) is 24.3 Å². The average molecular weight is 337 g/mol. The fourth-order valence-electron chi connectivity index (χ4n) is 1.73. The van der Waals surface area contributed by atoms with Gasteiger partial charge in [0.1, 0.15) is 5.69 Å². The summed E-state index contributed by atoms with van der Waals surface area (Å²) in [7, 11) is 0. The van der Waals surface area contributed by atoms with Crippen molar-refractivity contribution in [1.29, 1.82) is 0 Å². The molecule has 7 heteroatoms. The van der Waals surface area contributed by atoms with Crippen molar-refractivity contribution in [2.45, 2.75) is 0 Å². The van der Waals surface area contributed by atoms with Crippen molar-refractivity contribution in [2.75, 3.05) is 5.73 Å². The van der Waals surface area contributed by atoms with Gasteiger partial charge in [-0.15, -0.1) is 11.3 Å². The zero-order valence-corrected chi connectivity index (χ0v) is 13.0. The van der Waals surface area contributed by atoms with Crippen LogP contribution in [0.25, 0.3) is 10.6 Å². The first-order chi connectivity index (χ1) is 10.1. The summed E-state index contributed by atoms with van der Waals surface area (Å²) in [5, 5.41) is 4.98. The molecule has 0 aliphatic rings. The van der Waals surface area contributed by atoms with Gasteiger partial charge in [-0.3, -0.25) is 0 Å². The minimum Gasteiger partial charge on any atom is -0.368 e. The third-order valence-corrected chi connectivity index (χ3v) is 4.25. The van der Waals surface area contributed by atoms with Gasteiger partial charge in [0, 0.05) is 5.02 Å². The van der Waals surface area contributed by atoms with Crippen molar-refractivity contribution < 1.29 is 0 Å². The Hall–Kier alpha value is -1.82. The van der Waals surface area contributed by atoms with E-state index >= 15 is 0 Å². The van der Waals surface area contributed by atoms with Gasteiger partial charge in [0.2, 0.25) is 5.95 Å². The maximum absolute atomic E-state index is 5.92. The van der Waals surface area contributed by atoms with E-state index in [0.29, 0.717) is 15.3 Å². The lowest BCUT2D eigenvalue weighted by Gasteiger charge is -1.95. The number of nitrogens with two attached hydrogens (primary N) is 1. The summed E-state index contributed by atoms with van der Waals surface area (Å²) in [5.74, 6) is 0.319. The molecule has 2 N–H and O–H groups in total. The van der Waals surface area contributed by atoms with E-state index in [9.17, 15) is 0 Å². The molecular formula is C14H10Cl2N4S. The predicted octanol–water partition coefficient (Wildman–Crippen LogP) is 4.38. The second-order valence-electron chi connectivity index (χ2n) is 4.23. The van der Waals surface area contributed by atoms with Crippen molar-refractivity contribution in [3.05, 3.63) is 57.5 Å². The Bertz CT molecular complexity index is 790. The van der Waals surface area contributed by atoms with E-state index in [1.54, 1.807) is 24.5 Å². The molecule has 0 bridgehead atoms. The van der Waals surface area contributed by atoms with Gasteiger partial charge in [-0.2, -0.15) is 5.10 Å². The fourth-order valence-corrected chi connectivity index (χ4v) is 2.85. The summed E-state index contributed by atoms with van der Waals surface area (Å²) in [6, 6.07) is 11.1. The van der Waals surface area contributed by atoms with E-state index in [1.165, 1.54) is 16.0 Å². The van der Waals surface area contributed by atoms with Gasteiger partial charge in [0.25, 0.3) is 0 Å². The number of hydrogen-bond donors (Lipinski definition) is 1. The van der Waals surface area contributed by atoms with Gasteiger partial charge >= 0.3 is 0 Å². The van der Waals surface area contributed by atoms with Crippen LogP contribution in [0.4, 0.5) is 5.95 Å². The average Bonchev–Trinajstić information content (AvgIpc) is 3.05. The highest BCUT2D eigenvalue weighted by Gasteiger charge is 2.08. The smallest absolute Gasteiger partial charge is 0.221 e. The second kappa shape index (κ2) is 5.89. The Morgan fingerprint density at radius 2 is 1.90 bits per heavy atom. The molecular weight excluding hydrogens is 327 g/mol. The number of nitrogens with zero attached hydrogens (tertiary/aromatic N) is 3. The topological polar surface area (TPSA) is 56.2 Å². The number of hydrogen-bond acceptors (Lipinski definition) is 4. The van der Waals surface area contributed by atoms with Gasteiger partial charge < -0.3 is 5.73 Å². The van der Waals surface area contributed by atoms with E-state index in [-0.39, 0.29) is 0 Å². The number of nitrogen functional groups attached to an aromatic ring is 1. The number of aromatic nitrogens is 2. The highest BCUT2D eigenvalue weighted by molar-refractivity contribution is 7.19. The molecule has 0 amide bonds. The van der Waals surface area contributed by atoms with Crippen LogP contribution in [0.3, 0.4) is 0 Å². The van der Waals surface area contributed by atoms with Crippen molar-refractivity contribution >= 4 is 46.7 Å². The first-order valence-electron chi connectivity index (χ1n) is 6.02. The number of thiophene rings is 1. The maximum atomic E-state index is 5.92. The van der Waals surface area contributed by atoms with Crippen molar-refractivity contribution in [3.8, 4) is 10.6 Å². The summed E-state index contributed by atoms with van der Waals surface area (Å²) in [5.41, 5.74) is 7.53. The lowest BCUT2D eigenvalue weighted by molar-refractivity contribution is 0.898. The van der Waals surface area contributed by atoms with E-state index in [2.05, 4.69) is 10.1 Å². The molecule has 1 aromatic carbocycles. The van der Waals surface area contributed by atoms with Crippen LogP contribution < -0.4 is 5.73 Å².